The number of rotatable bonds is 5. The summed E-state index contributed by atoms with van der Waals surface area (Å²) in [7, 11) is 0. The fourth-order valence-corrected chi connectivity index (χ4v) is 3.31. The molecule has 0 radical (unpaired) electrons. The molecule has 3 unspecified atom stereocenters. The molecule has 4 nitrogen and oxygen atoms in total. The minimum absolute atomic E-state index is 0.0805. The molecule has 0 aromatic heterocycles. The lowest BCUT2D eigenvalue weighted by Gasteiger charge is -2.37. The molecule has 0 aromatic rings. The van der Waals surface area contributed by atoms with Gasteiger partial charge in [0.05, 0.1) is 24.9 Å². The van der Waals surface area contributed by atoms with E-state index in [9.17, 15) is 0 Å². The van der Waals surface area contributed by atoms with Crippen LogP contribution in [0.5, 0.6) is 0 Å². The van der Waals surface area contributed by atoms with E-state index in [4.69, 9.17) is 15.2 Å². The first-order valence-corrected chi connectivity index (χ1v) is 7.74. The Morgan fingerprint density at radius 1 is 1.47 bits per heavy atom. The van der Waals surface area contributed by atoms with Gasteiger partial charge >= 0.3 is 0 Å². The molecule has 2 fully saturated rings. The minimum Gasteiger partial charge on any atom is -0.373 e. The molecule has 4 heteroatoms. The maximum atomic E-state index is 6.20. The van der Waals surface area contributed by atoms with Crippen LogP contribution in [0.4, 0.5) is 0 Å². The predicted molar refractivity (Wildman–Crippen MR) is 77.2 cm³/mol. The second-order valence-corrected chi connectivity index (χ2v) is 6.63. The Kier molecular flexibility index (Phi) is 5.23. The number of nitrogens with two attached hydrogens (primary N) is 1. The number of ether oxygens (including phenoxy) is 2. The maximum Gasteiger partial charge on any atom is 0.0936 e. The van der Waals surface area contributed by atoms with Crippen LogP contribution < -0.4 is 5.73 Å². The van der Waals surface area contributed by atoms with E-state index in [0.717, 1.165) is 38.5 Å². The Bertz CT molecular complexity index is 285. The second kappa shape index (κ2) is 6.53. The van der Waals surface area contributed by atoms with Crippen LogP contribution in [0.1, 0.15) is 40.0 Å². The standard InChI is InChI=1S/C15H30N2O2/c1-12(2)17-6-7-18-14(9-17)10-19-15(11-16)5-4-13(3)8-15/h12-14H,4-11,16H2,1-3H3. The zero-order valence-electron chi connectivity index (χ0n) is 12.7. The van der Waals surface area contributed by atoms with Crippen LogP contribution in [0.2, 0.25) is 0 Å². The quantitative estimate of drug-likeness (QED) is 0.825. The zero-order valence-corrected chi connectivity index (χ0v) is 12.7. The van der Waals surface area contributed by atoms with Crippen LogP contribution >= 0.6 is 0 Å². The van der Waals surface area contributed by atoms with E-state index in [1.54, 1.807) is 0 Å². The molecule has 2 rings (SSSR count). The van der Waals surface area contributed by atoms with Crippen molar-refractivity contribution >= 4 is 0 Å². The highest BCUT2D eigenvalue weighted by molar-refractivity contribution is 4.91. The Balaban J connectivity index is 1.81. The molecule has 0 spiro atoms. The first kappa shape index (κ1) is 15.2. The van der Waals surface area contributed by atoms with Gasteiger partial charge in [0, 0.05) is 25.7 Å². The molecule has 1 aliphatic carbocycles. The predicted octanol–water partition coefficient (Wildman–Crippen LogP) is 1.63. The lowest BCUT2D eigenvalue weighted by atomic mass is 10.0. The summed E-state index contributed by atoms with van der Waals surface area (Å²) < 4.78 is 12.0. The third kappa shape index (κ3) is 3.91. The largest absolute Gasteiger partial charge is 0.373 e. The Morgan fingerprint density at radius 3 is 2.84 bits per heavy atom. The molecule has 112 valence electrons. The van der Waals surface area contributed by atoms with Crippen molar-refractivity contribution in [1.82, 2.24) is 4.90 Å². The smallest absolute Gasteiger partial charge is 0.0936 e. The van der Waals surface area contributed by atoms with E-state index < -0.39 is 0 Å². The summed E-state index contributed by atoms with van der Waals surface area (Å²) in [5.41, 5.74) is 5.87. The van der Waals surface area contributed by atoms with Crippen molar-refractivity contribution in [3.8, 4) is 0 Å². The fraction of sp³-hybridized carbons (Fsp3) is 1.00. The molecule has 0 aromatic carbocycles. The first-order chi connectivity index (χ1) is 9.04. The molecule has 19 heavy (non-hydrogen) atoms. The van der Waals surface area contributed by atoms with Gasteiger partial charge in [-0.3, -0.25) is 4.90 Å². The molecule has 0 amide bonds. The highest BCUT2D eigenvalue weighted by Crippen LogP contribution is 2.36. The topological polar surface area (TPSA) is 47.7 Å². The van der Waals surface area contributed by atoms with Gasteiger partial charge in [0.1, 0.15) is 0 Å². The van der Waals surface area contributed by atoms with Crippen molar-refractivity contribution in [2.24, 2.45) is 11.7 Å². The summed E-state index contributed by atoms with van der Waals surface area (Å²) in [5, 5.41) is 0. The summed E-state index contributed by atoms with van der Waals surface area (Å²) in [6, 6.07) is 0.585. The second-order valence-electron chi connectivity index (χ2n) is 6.63. The van der Waals surface area contributed by atoms with E-state index in [-0.39, 0.29) is 11.7 Å². The highest BCUT2D eigenvalue weighted by atomic mass is 16.5. The van der Waals surface area contributed by atoms with Crippen molar-refractivity contribution in [2.45, 2.75) is 57.8 Å². The molecule has 1 heterocycles. The molecule has 0 bridgehead atoms. The van der Waals surface area contributed by atoms with Crippen molar-refractivity contribution in [3.63, 3.8) is 0 Å². The summed E-state index contributed by atoms with van der Waals surface area (Å²) in [5.74, 6) is 0.739. The molecule has 2 aliphatic rings. The van der Waals surface area contributed by atoms with E-state index in [2.05, 4.69) is 25.7 Å². The van der Waals surface area contributed by atoms with Gasteiger partial charge in [-0.2, -0.15) is 0 Å². The molecule has 1 aliphatic heterocycles. The van der Waals surface area contributed by atoms with E-state index >= 15 is 0 Å². The Labute approximate surface area is 117 Å². The van der Waals surface area contributed by atoms with Crippen LogP contribution in [0.15, 0.2) is 0 Å². The monoisotopic (exact) mass is 270 g/mol. The molecule has 2 N–H and O–H groups in total. The van der Waals surface area contributed by atoms with Crippen LogP contribution in [-0.2, 0) is 9.47 Å². The van der Waals surface area contributed by atoms with Gasteiger partial charge in [0.15, 0.2) is 0 Å². The van der Waals surface area contributed by atoms with Crippen molar-refractivity contribution < 1.29 is 9.47 Å². The van der Waals surface area contributed by atoms with Gasteiger partial charge in [-0.25, -0.2) is 0 Å². The molecular formula is C15H30N2O2. The Morgan fingerprint density at radius 2 is 2.26 bits per heavy atom. The summed E-state index contributed by atoms with van der Waals surface area (Å²) in [6.07, 6.45) is 3.64. The summed E-state index contributed by atoms with van der Waals surface area (Å²) in [4.78, 5) is 2.46. The van der Waals surface area contributed by atoms with Gasteiger partial charge in [-0.05, 0) is 39.0 Å². The van der Waals surface area contributed by atoms with Crippen LogP contribution in [-0.4, -0.2) is 55.5 Å². The van der Waals surface area contributed by atoms with Crippen molar-refractivity contribution in [3.05, 3.63) is 0 Å². The van der Waals surface area contributed by atoms with Crippen molar-refractivity contribution in [2.75, 3.05) is 32.8 Å². The number of nitrogens with zero attached hydrogens (tertiary/aromatic N) is 1. The van der Waals surface area contributed by atoms with E-state index in [1.165, 1.54) is 6.42 Å². The molecular weight excluding hydrogens is 240 g/mol. The minimum atomic E-state index is -0.0805. The average molecular weight is 270 g/mol. The van der Waals surface area contributed by atoms with E-state index in [0.29, 0.717) is 19.2 Å². The summed E-state index contributed by atoms with van der Waals surface area (Å²) in [6.45, 7) is 10.9. The van der Waals surface area contributed by atoms with Gasteiger partial charge < -0.3 is 15.2 Å². The molecule has 3 atom stereocenters. The normalized spacial score (nSPS) is 37.1. The SMILES string of the molecule is CC1CCC(CN)(OCC2CN(C(C)C)CCO2)C1. The third-order valence-electron chi connectivity index (χ3n) is 4.66. The van der Waals surface area contributed by atoms with Gasteiger partial charge in [-0.1, -0.05) is 6.92 Å². The first-order valence-electron chi connectivity index (χ1n) is 7.74. The molecule has 1 saturated carbocycles. The average Bonchev–Trinajstić information content (AvgIpc) is 2.79. The van der Waals surface area contributed by atoms with Crippen LogP contribution in [0, 0.1) is 5.92 Å². The van der Waals surface area contributed by atoms with Crippen LogP contribution in [0.25, 0.3) is 0 Å². The number of hydrogen-bond donors (Lipinski definition) is 1. The van der Waals surface area contributed by atoms with Gasteiger partial charge in [0.2, 0.25) is 0 Å². The Hall–Kier alpha value is -0.160. The van der Waals surface area contributed by atoms with E-state index in [1.807, 2.05) is 0 Å². The zero-order chi connectivity index (χ0) is 13.9. The maximum absolute atomic E-state index is 6.20. The number of morpholine rings is 1. The van der Waals surface area contributed by atoms with Crippen LogP contribution in [0.3, 0.4) is 0 Å². The summed E-state index contributed by atoms with van der Waals surface area (Å²) >= 11 is 0. The third-order valence-corrected chi connectivity index (χ3v) is 4.66. The number of hydrogen-bond acceptors (Lipinski definition) is 4. The highest BCUT2D eigenvalue weighted by Gasteiger charge is 2.38. The fourth-order valence-electron chi connectivity index (χ4n) is 3.31. The van der Waals surface area contributed by atoms with Gasteiger partial charge in [0.25, 0.3) is 0 Å². The lowest BCUT2D eigenvalue weighted by molar-refractivity contribution is -0.119. The van der Waals surface area contributed by atoms with Crippen molar-refractivity contribution in [1.29, 1.82) is 0 Å². The molecule has 1 saturated heterocycles. The van der Waals surface area contributed by atoms with Gasteiger partial charge in [-0.15, -0.1) is 0 Å². The lowest BCUT2D eigenvalue weighted by Crippen LogP contribution is -2.49.